The third kappa shape index (κ3) is 3.83. The van der Waals surface area contributed by atoms with Crippen LogP contribution in [0, 0.1) is 17.8 Å². The van der Waals surface area contributed by atoms with Gasteiger partial charge in [-0.15, -0.1) is 11.3 Å². The zero-order chi connectivity index (χ0) is 22.9. The van der Waals surface area contributed by atoms with Crippen LogP contribution in [0.1, 0.15) is 12.6 Å². The van der Waals surface area contributed by atoms with E-state index >= 15 is 0 Å². The lowest BCUT2D eigenvalue weighted by Crippen LogP contribution is -2.59. The lowest BCUT2D eigenvalue weighted by Gasteiger charge is -2.43. The summed E-state index contributed by atoms with van der Waals surface area (Å²) in [5.41, 5.74) is 0.0934. The Hall–Kier alpha value is -2.11. The van der Waals surface area contributed by atoms with Crippen LogP contribution < -0.4 is 9.80 Å². The molecule has 2 aromatic heterocycles. The van der Waals surface area contributed by atoms with E-state index in [4.69, 9.17) is 0 Å². The van der Waals surface area contributed by atoms with Crippen LogP contribution >= 0.6 is 23.1 Å². The Morgan fingerprint density at radius 2 is 1.88 bits per heavy atom. The summed E-state index contributed by atoms with van der Waals surface area (Å²) in [7, 11) is 0. The molecule has 2 aliphatic heterocycles. The maximum Gasteiger partial charge on any atom is 0.433 e. The monoisotopic (exact) mass is 493 g/mol. The number of alkyl halides is 3. The zero-order valence-corrected chi connectivity index (χ0v) is 19.4. The Labute approximate surface area is 196 Å². The molecule has 1 aliphatic carbocycles. The molecular formula is C22H22F3N5OS2. The van der Waals surface area contributed by atoms with Gasteiger partial charge in [-0.3, -0.25) is 0 Å². The van der Waals surface area contributed by atoms with E-state index in [2.05, 4.69) is 21.0 Å². The summed E-state index contributed by atoms with van der Waals surface area (Å²) in [4.78, 5) is 16.5. The molecular weight excluding hydrogens is 471 g/mol. The number of halogens is 3. The Balaban J connectivity index is 1.13. The van der Waals surface area contributed by atoms with Gasteiger partial charge < -0.3 is 14.9 Å². The molecule has 2 saturated heterocycles. The summed E-state index contributed by atoms with van der Waals surface area (Å²) in [6.07, 6.45) is -5.11. The van der Waals surface area contributed by atoms with Crippen molar-refractivity contribution in [1.82, 2.24) is 15.0 Å². The first-order chi connectivity index (χ1) is 15.8. The van der Waals surface area contributed by atoms with Crippen molar-refractivity contribution in [2.24, 2.45) is 17.8 Å². The van der Waals surface area contributed by atoms with E-state index < -0.39 is 18.0 Å². The zero-order valence-electron chi connectivity index (χ0n) is 17.7. The summed E-state index contributed by atoms with van der Waals surface area (Å²) in [6, 6.07) is 8.86. The van der Waals surface area contributed by atoms with Gasteiger partial charge >= 0.3 is 6.18 Å². The van der Waals surface area contributed by atoms with Gasteiger partial charge in [0.25, 0.3) is 0 Å². The standard InChI is InChI=1S/C22H22F3N5OS2/c1-11-16(31)9-30(11)20-27-18(22(23,24)25)6-19(28-20)29-7-12-13(8-29)14(12)10-32-21-26-15-4-2-3-5-17(15)33-21/h2-6,11-14,16,31H,7-10H2,1H3/t11-,12?,13?,14?,16+/m0/s1. The number of nitrogens with zero attached hydrogens (tertiary/aromatic N) is 5. The highest BCUT2D eigenvalue weighted by molar-refractivity contribution is 8.01. The van der Waals surface area contributed by atoms with Crippen molar-refractivity contribution in [1.29, 1.82) is 0 Å². The molecule has 11 heteroatoms. The lowest BCUT2D eigenvalue weighted by molar-refractivity contribution is -0.141. The van der Waals surface area contributed by atoms with Crippen LogP contribution in [0.5, 0.6) is 0 Å². The Morgan fingerprint density at radius 1 is 1.12 bits per heavy atom. The number of thiazole rings is 1. The van der Waals surface area contributed by atoms with Crippen molar-refractivity contribution in [3.63, 3.8) is 0 Å². The molecule has 1 aromatic carbocycles. The van der Waals surface area contributed by atoms with E-state index in [1.807, 2.05) is 23.1 Å². The number of rotatable bonds is 5. The third-order valence-corrected chi connectivity index (χ3v) is 9.37. The van der Waals surface area contributed by atoms with Gasteiger partial charge in [-0.1, -0.05) is 23.9 Å². The summed E-state index contributed by atoms with van der Waals surface area (Å²) < 4.78 is 42.7. The molecule has 3 aliphatic rings. The molecule has 174 valence electrons. The number of para-hydroxylation sites is 1. The number of aromatic nitrogens is 3. The number of thioether (sulfide) groups is 1. The third-order valence-electron chi connectivity index (χ3n) is 7.05. The molecule has 0 radical (unpaired) electrons. The number of hydrogen-bond donors (Lipinski definition) is 1. The highest BCUT2D eigenvalue weighted by atomic mass is 32.2. The number of aliphatic hydroxyl groups excluding tert-OH is 1. The van der Waals surface area contributed by atoms with E-state index in [9.17, 15) is 18.3 Å². The average molecular weight is 494 g/mol. The summed E-state index contributed by atoms with van der Waals surface area (Å²) in [6.45, 7) is 3.43. The molecule has 0 bridgehead atoms. The Kier molecular flexibility index (Phi) is 5.00. The minimum Gasteiger partial charge on any atom is -0.389 e. The summed E-state index contributed by atoms with van der Waals surface area (Å²) >= 11 is 3.48. The number of aliphatic hydroxyl groups is 1. The second-order valence-electron chi connectivity index (χ2n) is 9.02. The summed E-state index contributed by atoms with van der Waals surface area (Å²) in [5.74, 6) is 2.86. The van der Waals surface area contributed by atoms with Crippen molar-refractivity contribution in [3.8, 4) is 0 Å². The minimum atomic E-state index is -4.54. The van der Waals surface area contributed by atoms with E-state index in [0.717, 1.165) is 21.7 Å². The largest absolute Gasteiger partial charge is 0.433 e. The first-order valence-electron chi connectivity index (χ1n) is 10.9. The van der Waals surface area contributed by atoms with Gasteiger partial charge in [-0.2, -0.15) is 18.2 Å². The predicted molar refractivity (Wildman–Crippen MR) is 123 cm³/mol. The van der Waals surface area contributed by atoms with Gasteiger partial charge in [0, 0.05) is 31.5 Å². The van der Waals surface area contributed by atoms with Crippen LogP contribution in [-0.2, 0) is 6.18 Å². The number of β-amino-alcohol motifs (C(OH)–C–C–N with tert-alkyl or cyclic N) is 1. The topological polar surface area (TPSA) is 65.4 Å². The number of benzene rings is 1. The fraction of sp³-hybridized carbons (Fsp3) is 0.500. The van der Waals surface area contributed by atoms with E-state index in [1.165, 1.54) is 4.70 Å². The highest BCUT2D eigenvalue weighted by Gasteiger charge is 2.55. The molecule has 4 heterocycles. The maximum absolute atomic E-state index is 13.5. The van der Waals surface area contributed by atoms with Crippen LogP contribution in [0.2, 0.25) is 0 Å². The highest BCUT2D eigenvalue weighted by Crippen LogP contribution is 2.54. The fourth-order valence-electron chi connectivity index (χ4n) is 4.88. The van der Waals surface area contributed by atoms with Gasteiger partial charge in [-0.05, 0) is 36.8 Å². The van der Waals surface area contributed by atoms with Crippen molar-refractivity contribution in [3.05, 3.63) is 36.0 Å². The van der Waals surface area contributed by atoms with E-state index in [-0.39, 0.29) is 18.5 Å². The van der Waals surface area contributed by atoms with Gasteiger partial charge in [-0.25, -0.2) is 9.97 Å². The SMILES string of the molecule is C[C@H]1[C@H](O)CN1c1nc(N2CC3C(CSc4nc5ccccc5s4)C3C2)cc(C(F)(F)F)n1. The van der Waals surface area contributed by atoms with E-state index in [0.29, 0.717) is 36.7 Å². The molecule has 4 atom stereocenters. The van der Waals surface area contributed by atoms with Gasteiger partial charge in [0.15, 0.2) is 10.0 Å². The van der Waals surface area contributed by atoms with Gasteiger partial charge in [0.05, 0.1) is 22.4 Å². The smallest absolute Gasteiger partial charge is 0.389 e. The Bertz CT molecular complexity index is 1160. The Morgan fingerprint density at radius 3 is 2.55 bits per heavy atom. The number of anilines is 2. The minimum absolute atomic E-state index is 0.0427. The molecule has 2 unspecified atom stereocenters. The van der Waals surface area contributed by atoms with Crippen molar-refractivity contribution >= 4 is 45.1 Å². The molecule has 3 aromatic rings. The van der Waals surface area contributed by atoms with Crippen LogP contribution in [0.25, 0.3) is 10.2 Å². The number of fused-ring (bicyclic) bond motifs is 2. The van der Waals surface area contributed by atoms with E-state index in [1.54, 1.807) is 34.9 Å². The molecule has 3 fully saturated rings. The van der Waals surface area contributed by atoms with Crippen LogP contribution in [0.4, 0.5) is 24.9 Å². The molecule has 0 amide bonds. The quantitative estimate of drug-likeness (QED) is 0.536. The second-order valence-corrected chi connectivity index (χ2v) is 11.3. The normalized spacial score (nSPS) is 28.8. The average Bonchev–Trinajstić information content (AvgIpc) is 3.13. The predicted octanol–water partition coefficient (Wildman–Crippen LogP) is 4.15. The molecule has 1 saturated carbocycles. The van der Waals surface area contributed by atoms with Crippen LogP contribution in [-0.4, -0.2) is 57.6 Å². The summed E-state index contributed by atoms with van der Waals surface area (Å²) in [5, 5.41) is 9.77. The molecule has 6 nitrogen and oxygen atoms in total. The molecule has 0 spiro atoms. The maximum atomic E-state index is 13.5. The van der Waals surface area contributed by atoms with Gasteiger partial charge in [0.1, 0.15) is 5.82 Å². The second kappa shape index (κ2) is 7.71. The van der Waals surface area contributed by atoms with Crippen molar-refractivity contribution < 1.29 is 18.3 Å². The molecule has 33 heavy (non-hydrogen) atoms. The molecule has 6 rings (SSSR count). The van der Waals surface area contributed by atoms with Crippen molar-refractivity contribution in [2.75, 3.05) is 35.2 Å². The van der Waals surface area contributed by atoms with Gasteiger partial charge in [0.2, 0.25) is 5.95 Å². The number of piperidine rings is 1. The fourth-order valence-corrected chi connectivity index (χ4v) is 7.27. The van der Waals surface area contributed by atoms with Crippen LogP contribution in [0.15, 0.2) is 34.7 Å². The first kappa shape index (κ1) is 21.4. The van der Waals surface area contributed by atoms with Crippen molar-refractivity contribution in [2.45, 2.75) is 29.6 Å². The number of hydrogen-bond acceptors (Lipinski definition) is 8. The van der Waals surface area contributed by atoms with Crippen LogP contribution in [0.3, 0.4) is 0 Å². The molecule has 1 N–H and O–H groups in total. The first-order valence-corrected chi connectivity index (χ1v) is 12.7. The lowest BCUT2D eigenvalue weighted by atomic mass is 10.0.